The molecular formula is C16H21N3O4. The number of hydrogen-bond donors (Lipinski definition) is 3. The maximum Gasteiger partial charge on any atom is 0.323 e. The number of aryl methyl sites for hydroxylation is 1. The standard InChI is InChI=1S/C16H21N3O4/c1-10(2)19(9-15(21)22)14(20)5-3-4-11-6-7-12-13(8-11)18-16(23)17-12/h6-8,10H,3-5,9H2,1-2H3,(H,21,22)(H2,17,18,23). The summed E-state index contributed by atoms with van der Waals surface area (Å²) in [6.07, 6.45) is 1.61. The van der Waals surface area contributed by atoms with Gasteiger partial charge in [0.1, 0.15) is 6.54 Å². The van der Waals surface area contributed by atoms with Crippen LogP contribution in [-0.2, 0) is 16.0 Å². The van der Waals surface area contributed by atoms with Gasteiger partial charge in [0.2, 0.25) is 5.91 Å². The van der Waals surface area contributed by atoms with Crippen LogP contribution in [0.4, 0.5) is 0 Å². The molecule has 1 aromatic carbocycles. The molecular weight excluding hydrogens is 298 g/mol. The van der Waals surface area contributed by atoms with E-state index in [1.165, 1.54) is 4.90 Å². The van der Waals surface area contributed by atoms with Crippen LogP contribution in [0.2, 0.25) is 0 Å². The normalized spacial score (nSPS) is 11.1. The van der Waals surface area contributed by atoms with Crippen LogP contribution in [0.25, 0.3) is 11.0 Å². The van der Waals surface area contributed by atoms with Gasteiger partial charge in [0, 0.05) is 12.5 Å². The Bertz CT molecular complexity index is 760. The summed E-state index contributed by atoms with van der Waals surface area (Å²) < 4.78 is 0. The Balaban J connectivity index is 1.92. The Kier molecular flexibility index (Phi) is 5.20. The number of nitrogens with one attached hydrogen (secondary N) is 2. The van der Waals surface area contributed by atoms with Crippen LogP contribution in [0.1, 0.15) is 32.3 Å². The Morgan fingerprint density at radius 3 is 2.57 bits per heavy atom. The number of carboxylic acid groups (broad SMARTS) is 1. The van der Waals surface area contributed by atoms with Gasteiger partial charge in [0.15, 0.2) is 0 Å². The minimum absolute atomic E-state index is 0.139. The number of amides is 1. The fraction of sp³-hybridized carbons (Fsp3) is 0.438. The van der Waals surface area contributed by atoms with Crippen molar-refractivity contribution in [2.75, 3.05) is 6.54 Å². The molecule has 3 N–H and O–H groups in total. The molecule has 1 aromatic heterocycles. The third-order valence-electron chi connectivity index (χ3n) is 3.69. The topological polar surface area (TPSA) is 106 Å². The summed E-state index contributed by atoms with van der Waals surface area (Å²) >= 11 is 0. The summed E-state index contributed by atoms with van der Waals surface area (Å²) in [5.74, 6) is -1.16. The number of hydrogen-bond acceptors (Lipinski definition) is 3. The van der Waals surface area contributed by atoms with E-state index in [2.05, 4.69) is 9.97 Å². The zero-order valence-corrected chi connectivity index (χ0v) is 13.3. The largest absolute Gasteiger partial charge is 0.480 e. The number of nitrogens with zero attached hydrogens (tertiary/aromatic N) is 1. The zero-order valence-electron chi connectivity index (χ0n) is 13.3. The molecule has 0 spiro atoms. The number of carbonyl (C=O) groups excluding carboxylic acids is 1. The van der Waals surface area contributed by atoms with E-state index in [0.29, 0.717) is 19.3 Å². The smallest absolute Gasteiger partial charge is 0.323 e. The van der Waals surface area contributed by atoms with Crippen molar-refractivity contribution in [3.8, 4) is 0 Å². The molecule has 2 aromatic rings. The SMILES string of the molecule is CC(C)N(CC(=O)O)C(=O)CCCc1ccc2[nH]c(=O)[nH]c2c1. The van der Waals surface area contributed by atoms with E-state index in [1.54, 1.807) is 13.8 Å². The van der Waals surface area contributed by atoms with Crippen LogP contribution in [-0.4, -0.2) is 44.4 Å². The first-order valence-corrected chi connectivity index (χ1v) is 7.59. The first kappa shape index (κ1) is 16.8. The van der Waals surface area contributed by atoms with Crippen molar-refractivity contribution >= 4 is 22.9 Å². The molecule has 7 heteroatoms. The summed E-state index contributed by atoms with van der Waals surface area (Å²) in [4.78, 5) is 40.9. The Labute approximate surface area is 133 Å². The number of fused-ring (bicyclic) bond motifs is 1. The second-order valence-corrected chi connectivity index (χ2v) is 5.82. The first-order chi connectivity index (χ1) is 10.9. The van der Waals surface area contributed by atoms with Gasteiger partial charge in [-0.2, -0.15) is 0 Å². The van der Waals surface area contributed by atoms with Crippen LogP contribution >= 0.6 is 0 Å². The van der Waals surface area contributed by atoms with Crippen molar-refractivity contribution in [1.82, 2.24) is 14.9 Å². The van der Waals surface area contributed by atoms with Gasteiger partial charge in [-0.25, -0.2) is 4.79 Å². The molecule has 0 unspecified atom stereocenters. The highest BCUT2D eigenvalue weighted by Crippen LogP contribution is 2.13. The summed E-state index contributed by atoms with van der Waals surface area (Å²) in [5.41, 5.74) is 2.28. The minimum Gasteiger partial charge on any atom is -0.480 e. The zero-order chi connectivity index (χ0) is 17.0. The van der Waals surface area contributed by atoms with Crippen LogP contribution in [0, 0.1) is 0 Å². The van der Waals surface area contributed by atoms with E-state index >= 15 is 0 Å². The molecule has 0 radical (unpaired) electrons. The van der Waals surface area contributed by atoms with Crippen LogP contribution in [0.3, 0.4) is 0 Å². The number of benzene rings is 1. The molecule has 1 heterocycles. The van der Waals surface area contributed by atoms with E-state index in [0.717, 1.165) is 16.6 Å². The highest BCUT2D eigenvalue weighted by Gasteiger charge is 2.19. The number of carboxylic acids is 1. The lowest BCUT2D eigenvalue weighted by atomic mass is 10.1. The number of aromatic amines is 2. The predicted molar refractivity (Wildman–Crippen MR) is 86.3 cm³/mol. The molecule has 2 rings (SSSR count). The van der Waals surface area contributed by atoms with Crippen molar-refractivity contribution in [3.63, 3.8) is 0 Å². The predicted octanol–water partition coefficient (Wildman–Crippen LogP) is 1.50. The Morgan fingerprint density at radius 1 is 1.22 bits per heavy atom. The van der Waals surface area contributed by atoms with Gasteiger partial charge in [-0.05, 0) is 44.4 Å². The molecule has 23 heavy (non-hydrogen) atoms. The fourth-order valence-electron chi connectivity index (χ4n) is 2.53. The van der Waals surface area contributed by atoms with Crippen LogP contribution in [0.5, 0.6) is 0 Å². The van der Waals surface area contributed by atoms with Crippen molar-refractivity contribution in [1.29, 1.82) is 0 Å². The van der Waals surface area contributed by atoms with Gasteiger partial charge in [0.25, 0.3) is 0 Å². The number of rotatable bonds is 7. The molecule has 0 aliphatic carbocycles. The molecule has 7 nitrogen and oxygen atoms in total. The lowest BCUT2D eigenvalue weighted by Crippen LogP contribution is -2.40. The van der Waals surface area contributed by atoms with Crippen LogP contribution < -0.4 is 5.69 Å². The van der Waals surface area contributed by atoms with E-state index in [1.807, 2.05) is 18.2 Å². The number of imidazole rings is 1. The average molecular weight is 319 g/mol. The molecule has 0 bridgehead atoms. The highest BCUT2D eigenvalue weighted by atomic mass is 16.4. The molecule has 0 fully saturated rings. The second kappa shape index (κ2) is 7.13. The lowest BCUT2D eigenvalue weighted by molar-refractivity contribution is -0.145. The lowest BCUT2D eigenvalue weighted by Gasteiger charge is -2.24. The summed E-state index contributed by atoms with van der Waals surface area (Å²) in [6.45, 7) is 3.33. The van der Waals surface area contributed by atoms with E-state index in [-0.39, 0.29) is 24.2 Å². The minimum atomic E-state index is -1.01. The fourth-order valence-corrected chi connectivity index (χ4v) is 2.53. The molecule has 0 atom stereocenters. The number of aromatic nitrogens is 2. The monoisotopic (exact) mass is 319 g/mol. The van der Waals surface area contributed by atoms with Crippen molar-refractivity contribution in [2.24, 2.45) is 0 Å². The van der Waals surface area contributed by atoms with Crippen LogP contribution in [0.15, 0.2) is 23.0 Å². The molecule has 124 valence electrons. The molecule has 0 saturated carbocycles. The number of aliphatic carboxylic acids is 1. The average Bonchev–Trinajstić information content (AvgIpc) is 2.83. The summed E-state index contributed by atoms with van der Waals surface area (Å²) in [6, 6.07) is 5.48. The second-order valence-electron chi connectivity index (χ2n) is 5.82. The third-order valence-corrected chi connectivity index (χ3v) is 3.69. The molecule has 0 aliphatic rings. The van der Waals surface area contributed by atoms with E-state index in [4.69, 9.17) is 5.11 Å². The maximum absolute atomic E-state index is 12.1. The van der Waals surface area contributed by atoms with E-state index in [9.17, 15) is 14.4 Å². The summed E-state index contributed by atoms with van der Waals surface area (Å²) in [7, 11) is 0. The van der Waals surface area contributed by atoms with Gasteiger partial charge >= 0.3 is 11.7 Å². The molecule has 0 aliphatic heterocycles. The van der Waals surface area contributed by atoms with Crippen molar-refractivity contribution in [2.45, 2.75) is 39.2 Å². The molecule has 0 saturated heterocycles. The van der Waals surface area contributed by atoms with Crippen molar-refractivity contribution in [3.05, 3.63) is 34.2 Å². The van der Waals surface area contributed by atoms with Gasteiger partial charge in [-0.15, -0.1) is 0 Å². The number of carbonyl (C=O) groups is 2. The first-order valence-electron chi connectivity index (χ1n) is 7.59. The van der Waals surface area contributed by atoms with Gasteiger partial charge < -0.3 is 20.0 Å². The van der Waals surface area contributed by atoms with Crippen molar-refractivity contribution < 1.29 is 14.7 Å². The van der Waals surface area contributed by atoms with Gasteiger partial charge in [0.05, 0.1) is 11.0 Å². The number of H-pyrrole nitrogens is 2. The van der Waals surface area contributed by atoms with Gasteiger partial charge in [-0.3, -0.25) is 9.59 Å². The van der Waals surface area contributed by atoms with E-state index < -0.39 is 5.97 Å². The summed E-state index contributed by atoms with van der Waals surface area (Å²) in [5, 5.41) is 8.86. The molecule has 1 amide bonds. The maximum atomic E-state index is 12.1. The Hall–Kier alpha value is -2.57. The highest BCUT2D eigenvalue weighted by molar-refractivity contribution is 5.81. The quantitative estimate of drug-likeness (QED) is 0.719. The Morgan fingerprint density at radius 2 is 1.91 bits per heavy atom. The third kappa shape index (κ3) is 4.45. The van der Waals surface area contributed by atoms with Gasteiger partial charge in [-0.1, -0.05) is 6.07 Å².